The molecule has 3 nitrogen and oxygen atoms in total. The van der Waals surface area contributed by atoms with Crippen LogP contribution in [0.25, 0.3) is 0 Å². The lowest BCUT2D eigenvalue weighted by Crippen LogP contribution is -2.46. The van der Waals surface area contributed by atoms with Crippen molar-refractivity contribution in [3.8, 4) is 0 Å². The fourth-order valence-electron chi connectivity index (χ4n) is 2.52. The van der Waals surface area contributed by atoms with Crippen LogP contribution < -0.4 is 0 Å². The highest BCUT2D eigenvalue weighted by molar-refractivity contribution is 4.82. The van der Waals surface area contributed by atoms with Gasteiger partial charge in [-0.1, -0.05) is 26.2 Å². The summed E-state index contributed by atoms with van der Waals surface area (Å²) in [5.74, 6) is 0. The SMILES string of the molecule is CCCCCC(O)C1CN(C)CCCN1C. The number of aliphatic hydroxyl groups is 1. The van der Waals surface area contributed by atoms with Crippen LogP contribution in [0.15, 0.2) is 0 Å². The summed E-state index contributed by atoms with van der Waals surface area (Å²) in [6.07, 6.45) is 5.64. The number of likely N-dealkylation sites (N-methyl/N-ethyl adjacent to an activating group) is 2. The van der Waals surface area contributed by atoms with Crippen molar-refractivity contribution >= 4 is 0 Å². The van der Waals surface area contributed by atoms with Gasteiger partial charge in [0, 0.05) is 12.6 Å². The average Bonchev–Trinajstić information content (AvgIpc) is 2.41. The molecular formula is C13H28N2O. The Morgan fingerprint density at radius 2 is 2.00 bits per heavy atom. The Hall–Kier alpha value is -0.120. The second-order valence-electron chi connectivity index (χ2n) is 5.23. The Balaban J connectivity index is 2.40. The van der Waals surface area contributed by atoms with E-state index in [-0.39, 0.29) is 6.10 Å². The fraction of sp³-hybridized carbons (Fsp3) is 1.00. The minimum Gasteiger partial charge on any atom is -0.391 e. The number of aliphatic hydroxyl groups excluding tert-OH is 1. The van der Waals surface area contributed by atoms with Crippen LogP contribution in [0, 0.1) is 0 Å². The van der Waals surface area contributed by atoms with Gasteiger partial charge >= 0.3 is 0 Å². The van der Waals surface area contributed by atoms with Gasteiger partial charge in [-0.15, -0.1) is 0 Å². The number of unbranched alkanes of at least 4 members (excludes halogenated alkanes) is 2. The van der Waals surface area contributed by atoms with Gasteiger partial charge < -0.3 is 10.0 Å². The molecule has 0 aromatic heterocycles. The highest BCUT2D eigenvalue weighted by Crippen LogP contribution is 2.15. The molecule has 1 fully saturated rings. The summed E-state index contributed by atoms with van der Waals surface area (Å²) >= 11 is 0. The van der Waals surface area contributed by atoms with Gasteiger partial charge in [-0.3, -0.25) is 4.90 Å². The van der Waals surface area contributed by atoms with Crippen LogP contribution in [0.5, 0.6) is 0 Å². The molecule has 0 aliphatic carbocycles. The topological polar surface area (TPSA) is 26.7 Å². The highest BCUT2D eigenvalue weighted by atomic mass is 16.3. The summed E-state index contributed by atoms with van der Waals surface area (Å²) in [7, 11) is 4.30. The van der Waals surface area contributed by atoms with E-state index in [9.17, 15) is 5.11 Å². The fourth-order valence-corrected chi connectivity index (χ4v) is 2.52. The third-order valence-electron chi connectivity index (χ3n) is 3.66. The summed E-state index contributed by atoms with van der Waals surface area (Å²) in [5, 5.41) is 10.2. The monoisotopic (exact) mass is 228 g/mol. The second-order valence-corrected chi connectivity index (χ2v) is 5.23. The van der Waals surface area contributed by atoms with Crippen LogP contribution in [0.2, 0.25) is 0 Å². The minimum atomic E-state index is -0.155. The van der Waals surface area contributed by atoms with E-state index >= 15 is 0 Å². The molecule has 1 aliphatic heterocycles. The van der Waals surface area contributed by atoms with Gasteiger partial charge in [0.2, 0.25) is 0 Å². The average molecular weight is 228 g/mol. The molecule has 1 saturated heterocycles. The van der Waals surface area contributed by atoms with E-state index in [1.807, 2.05) is 0 Å². The molecule has 0 aromatic carbocycles. The van der Waals surface area contributed by atoms with Gasteiger partial charge in [0.25, 0.3) is 0 Å². The lowest BCUT2D eigenvalue weighted by Gasteiger charge is -2.31. The molecule has 0 aromatic rings. The standard InChI is InChI=1S/C13H28N2O/c1-4-5-6-8-13(16)12-11-14(2)9-7-10-15(12)3/h12-13,16H,4-11H2,1-3H3. The Morgan fingerprint density at radius 1 is 1.25 bits per heavy atom. The van der Waals surface area contributed by atoms with Crippen LogP contribution in [-0.2, 0) is 0 Å². The van der Waals surface area contributed by atoms with E-state index in [1.54, 1.807) is 0 Å². The van der Waals surface area contributed by atoms with Gasteiger partial charge in [-0.2, -0.15) is 0 Å². The van der Waals surface area contributed by atoms with Crippen molar-refractivity contribution in [3.63, 3.8) is 0 Å². The van der Waals surface area contributed by atoms with Crippen LogP contribution in [0.3, 0.4) is 0 Å². The number of rotatable bonds is 5. The molecule has 1 aliphatic rings. The largest absolute Gasteiger partial charge is 0.391 e. The molecule has 0 spiro atoms. The highest BCUT2D eigenvalue weighted by Gasteiger charge is 2.26. The van der Waals surface area contributed by atoms with Crippen molar-refractivity contribution in [2.24, 2.45) is 0 Å². The molecule has 1 heterocycles. The van der Waals surface area contributed by atoms with Gasteiger partial charge in [0.05, 0.1) is 6.10 Å². The molecule has 16 heavy (non-hydrogen) atoms. The molecule has 96 valence electrons. The first-order valence-electron chi connectivity index (χ1n) is 6.72. The summed E-state index contributed by atoms with van der Waals surface area (Å²) in [6.45, 7) is 5.48. The van der Waals surface area contributed by atoms with Crippen LogP contribution in [-0.4, -0.2) is 60.8 Å². The molecule has 2 atom stereocenters. The van der Waals surface area contributed by atoms with Crippen molar-refractivity contribution in [3.05, 3.63) is 0 Å². The second kappa shape index (κ2) is 7.25. The van der Waals surface area contributed by atoms with Crippen LogP contribution >= 0.6 is 0 Å². The summed E-state index contributed by atoms with van der Waals surface area (Å²) in [4.78, 5) is 4.68. The smallest absolute Gasteiger partial charge is 0.0707 e. The van der Waals surface area contributed by atoms with Gasteiger partial charge in [0.15, 0.2) is 0 Å². The molecule has 1 rings (SSSR count). The summed E-state index contributed by atoms with van der Waals surface area (Å²) in [6, 6.07) is 0.323. The maximum absolute atomic E-state index is 10.2. The Kier molecular flexibility index (Phi) is 6.32. The van der Waals surface area contributed by atoms with E-state index in [0.717, 1.165) is 32.5 Å². The number of nitrogens with zero attached hydrogens (tertiary/aromatic N) is 2. The zero-order valence-corrected chi connectivity index (χ0v) is 11.2. The molecular weight excluding hydrogens is 200 g/mol. The zero-order chi connectivity index (χ0) is 12.0. The number of hydrogen-bond donors (Lipinski definition) is 1. The van der Waals surface area contributed by atoms with E-state index in [4.69, 9.17) is 0 Å². The maximum atomic E-state index is 10.2. The minimum absolute atomic E-state index is 0.155. The van der Waals surface area contributed by atoms with Crippen LogP contribution in [0.1, 0.15) is 39.0 Å². The van der Waals surface area contributed by atoms with Crippen molar-refractivity contribution in [2.45, 2.75) is 51.2 Å². The first-order chi connectivity index (χ1) is 7.65. The third-order valence-corrected chi connectivity index (χ3v) is 3.66. The van der Waals surface area contributed by atoms with Crippen molar-refractivity contribution in [1.82, 2.24) is 9.80 Å². The van der Waals surface area contributed by atoms with Gasteiger partial charge in [-0.25, -0.2) is 0 Å². The molecule has 0 radical (unpaired) electrons. The predicted molar refractivity (Wildman–Crippen MR) is 68.7 cm³/mol. The lowest BCUT2D eigenvalue weighted by molar-refractivity contribution is 0.0502. The first kappa shape index (κ1) is 13.9. The third kappa shape index (κ3) is 4.40. The van der Waals surface area contributed by atoms with Crippen LogP contribution in [0.4, 0.5) is 0 Å². The normalized spacial score (nSPS) is 26.6. The first-order valence-corrected chi connectivity index (χ1v) is 6.72. The molecule has 0 bridgehead atoms. The van der Waals surface area contributed by atoms with Crippen molar-refractivity contribution in [1.29, 1.82) is 0 Å². The molecule has 2 unspecified atom stereocenters. The lowest BCUT2D eigenvalue weighted by atomic mass is 10.0. The molecule has 0 saturated carbocycles. The molecule has 3 heteroatoms. The molecule has 0 amide bonds. The van der Waals surface area contributed by atoms with Crippen molar-refractivity contribution in [2.75, 3.05) is 33.7 Å². The number of hydrogen-bond acceptors (Lipinski definition) is 3. The zero-order valence-electron chi connectivity index (χ0n) is 11.2. The molecule has 1 N–H and O–H groups in total. The predicted octanol–water partition coefficient (Wildman–Crippen LogP) is 1.56. The van der Waals surface area contributed by atoms with Gasteiger partial charge in [0.1, 0.15) is 0 Å². The summed E-state index contributed by atoms with van der Waals surface area (Å²) < 4.78 is 0. The van der Waals surface area contributed by atoms with E-state index in [1.165, 1.54) is 19.3 Å². The Bertz CT molecular complexity index is 187. The van der Waals surface area contributed by atoms with Crippen molar-refractivity contribution < 1.29 is 5.11 Å². The van der Waals surface area contributed by atoms with Gasteiger partial charge in [-0.05, 0) is 40.0 Å². The van der Waals surface area contributed by atoms with E-state index in [0.29, 0.717) is 6.04 Å². The van der Waals surface area contributed by atoms with E-state index < -0.39 is 0 Å². The maximum Gasteiger partial charge on any atom is 0.0707 e. The quantitative estimate of drug-likeness (QED) is 0.724. The summed E-state index contributed by atoms with van der Waals surface area (Å²) in [5.41, 5.74) is 0. The van der Waals surface area contributed by atoms with E-state index in [2.05, 4.69) is 30.8 Å². The Morgan fingerprint density at radius 3 is 2.69 bits per heavy atom. The Labute approximate surface area is 100 Å².